The van der Waals surface area contributed by atoms with E-state index in [0.717, 1.165) is 0 Å². The Kier molecular flexibility index (Phi) is 1.61. The molecule has 0 aromatic rings. The maximum Gasteiger partial charge on any atom is 0.326 e. The van der Waals surface area contributed by atoms with Gasteiger partial charge in [-0.2, -0.15) is 0 Å². The fraction of sp³-hybridized carbons (Fsp3) is 0.667. The molecular weight excluding hydrogens is 134 g/mol. The first kappa shape index (κ1) is 7.05. The molecular formula is C6H9NO3. The first-order valence-electron chi connectivity index (χ1n) is 3.13. The molecule has 0 aliphatic carbocycles. The minimum Gasteiger partial charge on any atom is -0.480 e. The van der Waals surface area contributed by atoms with Crippen LogP contribution in [0, 0.1) is 5.92 Å². The quantitative estimate of drug-likeness (QED) is 0.524. The highest BCUT2D eigenvalue weighted by atomic mass is 16.4. The van der Waals surface area contributed by atoms with Crippen LogP contribution in [0.15, 0.2) is 0 Å². The number of rotatable bonds is 1. The number of carboxylic acid groups (broad SMARTS) is 1. The van der Waals surface area contributed by atoms with E-state index in [1.54, 1.807) is 6.92 Å². The third-order valence-corrected chi connectivity index (χ3v) is 1.66. The number of carbonyl (C=O) groups is 2. The molecule has 56 valence electrons. The molecule has 0 aromatic carbocycles. The monoisotopic (exact) mass is 143 g/mol. The van der Waals surface area contributed by atoms with Crippen molar-refractivity contribution in [1.82, 2.24) is 5.32 Å². The summed E-state index contributed by atoms with van der Waals surface area (Å²) in [5, 5.41) is 10.9. The van der Waals surface area contributed by atoms with Gasteiger partial charge in [-0.15, -0.1) is 0 Å². The Morgan fingerprint density at radius 3 is 2.60 bits per heavy atom. The second-order valence-electron chi connectivity index (χ2n) is 2.56. The van der Waals surface area contributed by atoms with Crippen molar-refractivity contribution in [1.29, 1.82) is 0 Å². The molecule has 0 unspecified atom stereocenters. The molecule has 1 heterocycles. The predicted molar refractivity (Wildman–Crippen MR) is 33.3 cm³/mol. The van der Waals surface area contributed by atoms with Crippen molar-refractivity contribution in [2.45, 2.75) is 19.4 Å². The topological polar surface area (TPSA) is 66.4 Å². The Balaban J connectivity index is 2.63. The normalized spacial score (nSPS) is 31.9. The van der Waals surface area contributed by atoms with Crippen LogP contribution < -0.4 is 5.32 Å². The van der Waals surface area contributed by atoms with Crippen LogP contribution in [0.4, 0.5) is 0 Å². The molecule has 2 N–H and O–H groups in total. The molecule has 10 heavy (non-hydrogen) atoms. The Morgan fingerprint density at radius 1 is 1.80 bits per heavy atom. The van der Waals surface area contributed by atoms with Gasteiger partial charge in [0.15, 0.2) is 0 Å². The lowest BCUT2D eigenvalue weighted by Gasteiger charge is -2.07. The Morgan fingerprint density at radius 2 is 2.40 bits per heavy atom. The number of amides is 1. The fourth-order valence-corrected chi connectivity index (χ4v) is 1.09. The van der Waals surface area contributed by atoms with Crippen molar-refractivity contribution < 1.29 is 14.7 Å². The summed E-state index contributed by atoms with van der Waals surface area (Å²) in [5.41, 5.74) is 0. The summed E-state index contributed by atoms with van der Waals surface area (Å²) in [6.45, 7) is 1.75. The van der Waals surface area contributed by atoms with Gasteiger partial charge in [0.25, 0.3) is 0 Å². The van der Waals surface area contributed by atoms with E-state index in [9.17, 15) is 9.59 Å². The number of hydrogen-bond donors (Lipinski definition) is 2. The van der Waals surface area contributed by atoms with Crippen LogP contribution >= 0.6 is 0 Å². The van der Waals surface area contributed by atoms with Crippen LogP contribution in [-0.2, 0) is 9.59 Å². The van der Waals surface area contributed by atoms with E-state index in [-0.39, 0.29) is 11.8 Å². The summed E-state index contributed by atoms with van der Waals surface area (Å²) in [6, 6.07) is -0.674. The van der Waals surface area contributed by atoms with Gasteiger partial charge in [0.2, 0.25) is 5.91 Å². The predicted octanol–water partition coefficient (Wildman–Crippen LogP) is -0.404. The zero-order valence-electron chi connectivity index (χ0n) is 5.63. The van der Waals surface area contributed by atoms with Gasteiger partial charge >= 0.3 is 5.97 Å². The maximum absolute atomic E-state index is 10.6. The van der Waals surface area contributed by atoms with Gasteiger partial charge in [0, 0.05) is 6.42 Å². The number of aliphatic carboxylic acids is 1. The molecule has 0 bridgehead atoms. The number of carboxylic acids is 1. The summed E-state index contributed by atoms with van der Waals surface area (Å²) in [4.78, 5) is 20.9. The first-order chi connectivity index (χ1) is 4.61. The maximum atomic E-state index is 10.6. The molecule has 1 amide bonds. The summed E-state index contributed by atoms with van der Waals surface area (Å²) in [6.07, 6.45) is 0.330. The Bertz CT molecular complexity index is 178. The Labute approximate surface area is 58.2 Å². The average Bonchev–Trinajstić information content (AvgIpc) is 2.10. The fourth-order valence-electron chi connectivity index (χ4n) is 1.09. The summed E-state index contributed by atoms with van der Waals surface area (Å²) >= 11 is 0. The third kappa shape index (κ3) is 1.10. The van der Waals surface area contributed by atoms with Crippen LogP contribution in [0.5, 0.6) is 0 Å². The van der Waals surface area contributed by atoms with E-state index in [0.29, 0.717) is 6.42 Å². The number of hydrogen-bond acceptors (Lipinski definition) is 2. The molecule has 1 saturated heterocycles. The average molecular weight is 143 g/mol. The van der Waals surface area contributed by atoms with Gasteiger partial charge in [0.05, 0.1) is 0 Å². The van der Waals surface area contributed by atoms with Crippen LogP contribution in [0.25, 0.3) is 0 Å². The molecule has 4 nitrogen and oxygen atoms in total. The number of nitrogens with one attached hydrogen (secondary N) is 1. The van der Waals surface area contributed by atoms with Crippen molar-refractivity contribution in [3.05, 3.63) is 0 Å². The molecule has 0 saturated carbocycles. The molecule has 1 aliphatic heterocycles. The molecule has 0 aromatic heterocycles. The molecule has 4 heteroatoms. The zero-order chi connectivity index (χ0) is 7.72. The van der Waals surface area contributed by atoms with Gasteiger partial charge in [0.1, 0.15) is 6.04 Å². The van der Waals surface area contributed by atoms with Crippen molar-refractivity contribution >= 4 is 11.9 Å². The largest absolute Gasteiger partial charge is 0.480 e. The molecule has 1 rings (SSSR count). The summed E-state index contributed by atoms with van der Waals surface area (Å²) in [5.74, 6) is -1.19. The van der Waals surface area contributed by atoms with Crippen molar-refractivity contribution in [2.75, 3.05) is 0 Å². The number of carbonyl (C=O) groups excluding carboxylic acids is 1. The van der Waals surface area contributed by atoms with E-state index >= 15 is 0 Å². The lowest BCUT2D eigenvalue weighted by molar-refractivity contribution is -0.140. The molecule has 0 spiro atoms. The smallest absolute Gasteiger partial charge is 0.326 e. The Hall–Kier alpha value is -1.06. The van der Waals surface area contributed by atoms with E-state index in [2.05, 4.69) is 5.32 Å². The molecule has 1 aliphatic rings. The molecule has 0 radical (unpaired) electrons. The van der Waals surface area contributed by atoms with Crippen molar-refractivity contribution in [2.24, 2.45) is 5.92 Å². The van der Waals surface area contributed by atoms with Gasteiger partial charge in [-0.25, -0.2) is 4.79 Å². The van der Waals surface area contributed by atoms with Gasteiger partial charge in [-0.05, 0) is 5.92 Å². The lowest BCUT2D eigenvalue weighted by atomic mass is 10.0. The van der Waals surface area contributed by atoms with E-state index in [1.165, 1.54) is 0 Å². The van der Waals surface area contributed by atoms with Gasteiger partial charge in [-0.3, -0.25) is 4.79 Å². The molecule has 1 fully saturated rings. The van der Waals surface area contributed by atoms with Gasteiger partial charge < -0.3 is 10.4 Å². The SMILES string of the molecule is C[C@@H]1CC(=O)N[C@H]1C(=O)O. The summed E-state index contributed by atoms with van der Waals surface area (Å²) < 4.78 is 0. The van der Waals surface area contributed by atoms with E-state index in [4.69, 9.17) is 5.11 Å². The highest BCUT2D eigenvalue weighted by molar-refractivity contribution is 5.87. The van der Waals surface area contributed by atoms with Crippen LogP contribution in [0.3, 0.4) is 0 Å². The van der Waals surface area contributed by atoms with Gasteiger partial charge in [-0.1, -0.05) is 6.92 Å². The second kappa shape index (κ2) is 2.28. The highest BCUT2D eigenvalue weighted by Gasteiger charge is 2.33. The van der Waals surface area contributed by atoms with E-state index in [1.807, 2.05) is 0 Å². The lowest BCUT2D eigenvalue weighted by Crippen LogP contribution is -2.35. The zero-order valence-corrected chi connectivity index (χ0v) is 5.63. The van der Waals surface area contributed by atoms with Crippen molar-refractivity contribution in [3.63, 3.8) is 0 Å². The second-order valence-corrected chi connectivity index (χ2v) is 2.56. The van der Waals surface area contributed by atoms with Crippen LogP contribution in [-0.4, -0.2) is 23.0 Å². The minimum absolute atomic E-state index is 0.0787. The van der Waals surface area contributed by atoms with Crippen molar-refractivity contribution in [3.8, 4) is 0 Å². The third-order valence-electron chi connectivity index (χ3n) is 1.66. The molecule has 2 atom stereocenters. The highest BCUT2D eigenvalue weighted by Crippen LogP contribution is 2.14. The summed E-state index contributed by atoms with van der Waals surface area (Å²) in [7, 11) is 0. The minimum atomic E-state index is -0.946. The first-order valence-corrected chi connectivity index (χ1v) is 3.13. The standard InChI is InChI=1S/C6H9NO3/c1-3-2-4(8)7-5(3)6(9)10/h3,5H,2H2,1H3,(H,7,8)(H,9,10)/t3-,5-/m1/s1. The van der Waals surface area contributed by atoms with Crippen LogP contribution in [0.1, 0.15) is 13.3 Å². The van der Waals surface area contributed by atoms with E-state index < -0.39 is 12.0 Å². The van der Waals surface area contributed by atoms with Crippen LogP contribution in [0.2, 0.25) is 0 Å².